The molecular weight excluding hydrogens is 713 g/mol. The summed E-state index contributed by atoms with van der Waals surface area (Å²) in [5.74, 6) is 1.58. The molecule has 0 spiro atoms. The molecule has 4 heterocycles. The van der Waals surface area contributed by atoms with Gasteiger partial charge in [-0.25, -0.2) is 9.98 Å². The summed E-state index contributed by atoms with van der Waals surface area (Å²) in [6, 6.07) is 63.6. The van der Waals surface area contributed by atoms with Crippen LogP contribution in [0.2, 0.25) is 0 Å². The highest BCUT2D eigenvalue weighted by atomic mass is 16.3. The molecule has 1 aliphatic rings. The molecule has 6 heteroatoms. The van der Waals surface area contributed by atoms with Crippen LogP contribution in [0.25, 0.3) is 82.5 Å². The molecule has 1 atom stereocenters. The predicted octanol–water partition coefficient (Wildman–Crippen LogP) is 13.1. The Morgan fingerprint density at radius 1 is 0.431 bits per heavy atom. The highest BCUT2D eigenvalue weighted by Crippen LogP contribution is 2.39. The maximum absolute atomic E-state index is 6.62. The maximum Gasteiger partial charge on any atom is 0.159 e. The molecule has 1 unspecified atom stereocenters. The summed E-state index contributed by atoms with van der Waals surface area (Å²) < 4.78 is 15.5. The van der Waals surface area contributed by atoms with E-state index >= 15 is 0 Å². The second-order valence-corrected chi connectivity index (χ2v) is 15.0. The van der Waals surface area contributed by atoms with Crippen molar-refractivity contribution >= 4 is 77.4 Å². The van der Waals surface area contributed by atoms with Gasteiger partial charge in [0.25, 0.3) is 0 Å². The van der Waals surface area contributed by atoms with E-state index in [4.69, 9.17) is 18.8 Å². The predicted molar refractivity (Wildman–Crippen MR) is 237 cm³/mol. The van der Waals surface area contributed by atoms with Crippen LogP contribution in [0.5, 0.6) is 0 Å². The van der Waals surface area contributed by atoms with Gasteiger partial charge in [0.15, 0.2) is 12.0 Å². The van der Waals surface area contributed by atoms with Crippen LogP contribution in [0.15, 0.2) is 201 Å². The van der Waals surface area contributed by atoms with Gasteiger partial charge in [-0.3, -0.25) is 0 Å². The number of rotatable bonds is 5. The van der Waals surface area contributed by atoms with Crippen LogP contribution in [-0.4, -0.2) is 28.2 Å². The van der Waals surface area contributed by atoms with E-state index in [9.17, 15) is 0 Å². The fraction of sp³-hybridized carbons (Fsp3) is 0.0385. The lowest BCUT2D eigenvalue weighted by atomic mass is 10.0. The lowest BCUT2D eigenvalue weighted by Crippen LogP contribution is -2.35. The molecule has 1 aliphatic heterocycles. The molecule has 0 fully saturated rings. The lowest BCUT2D eigenvalue weighted by Gasteiger charge is -2.32. The smallest absolute Gasteiger partial charge is 0.159 e. The van der Waals surface area contributed by atoms with Crippen LogP contribution < -0.4 is 0 Å². The molecule has 0 saturated heterocycles. The third-order valence-electron chi connectivity index (χ3n) is 11.6. The van der Waals surface area contributed by atoms with Crippen LogP contribution in [0.3, 0.4) is 0 Å². The highest BCUT2D eigenvalue weighted by Gasteiger charge is 2.27. The summed E-state index contributed by atoms with van der Waals surface area (Å²) in [7, 11) is 2.06. The Bertz CT molecular complexity index is 3430. The molecule has 0 saturated carbocycles. The number of hydrogen-bond acceptors (Lipinski definition) is 5. The minimum atomic E-state index is -0.287. The molecule has 11 aromatic rings. The number of hydrogen-bond donors (Lipinski definition) is 0. The van der Waals surface area contributed by atoms with E-state index in [0.29, 0.717) is 5.84 Å². The first kappa shape index (κ1) is 32.5. The third kappa shape index (κ3) is 5.05. The Balaban J connectivity index is 0.907. The summed E-state index contributed by atoms with van der Waals surface area (Å²) >= 11 is 0. The first-order chi connectivity index (χ1) is 28.6. The normalized spacial score (nSPS) is 14.6. The standard InChI is InChI=1S/C52H34N4O2/c1-55-51(33-14-6-3-7-15-33)53-50(32-12-4-2-5-13-32)54-52(55)36-21-25-42-43-28-34(22-27-46(43)57-48(42)30-36)35-20-24-40-41-26-23-37(31-49(41)58-47(40)29-35)56-44-18-10-8-16-38(44)39-17-9-11-19-45(39)56/h2-31,52H,1H3. The highest BCUT2D eigenvalue weighted by molar-refractivity contribution is 6.14. The average molecular weight is 747 g/mol. The molecule has 6 nitrogen and oxygen atoms in total. The zero-order valence-electron chi connectivity index (χ0n) is 31.5. The zero-order valence-corrected chi connectivity index (χ0v) is 31.5. The summed E-state index contributed by atoms with van der Waals surface area (Å²) in [5, 5.41) is 6.81. The van der Waals surface area contributed by atoms with Crippen molar-refractivity contribution in [3.8, 4) is 16.8 Å². The molecule has 0 amide bonds. The number of para-hydroxylation sites is 2. The molecule has 0 aliphatic carbocycles. The van der Waals surface area contributed by atoms with Gasteiger partial charge in [0, 0.05) is 67.8 Å². The zero-order chi connectivity index (χ0) is 38.3. The van der Waals surface area contributed by atoms with E-state index in [1.165, 1.54) is 21.8 Å². The fourth-order valence-corrected chi connectivity index (χ4v) is 8.83. The van der Waals surface area contributed by atoms with Crippen molar-refractivity contribution in [3.05, 3.63) is 199 Å². The van der Waals surface area contributed by atoms with E-state index in [0.717, 1.165) is 83.2 Å². The van der Waals surface area contributed by atoms with Crippen LogP contribution in [0, 0.1) is 0 Å². The van der Waals surface area contributed by atoms with E-state index in [1.807, 2.05) is 36.4 Å². The number of nitrogens with zero attached hydrogens (tertiary/aromatic N) is 4. The number of benzene rings is 8. The van der Waals surface area contributed by atoms with Crippen LogP contribution in [0.1, 0.15) is 22.9 Å². The van der Waals surface area contributed by atoms with Gasteiger partial charge in [-0.2, -0.15) is 0 Å². The Labute approximate surface area is 333 Å². The molecule has 12 rings (SSSR count). The number of aromatic nitrogens is 1. The summed E-state index contributed by atoms with van der Waals surface area (Å²) in [4.78, 5) is 12.4. The number of amidine groups is 2. The second kappa shape index (κ2) is 12.7. The van der Waals surface area contributed by atoms with Crippen molar-refractivity contribution in [1.82, 2.24) is 9.47 Å². The minimum absolute atomic E-state index is 0.287. The Hall–Kier alpha value is -7.70. The first-order valence-electron chi connectivity index (χ1n) is 19.6. The van der Waals surface area contributed by atoms with Crippen molar-refractivity contribution in [2.75, 3.05) is 7.05 Å². The van der Waals surface area contributed by atoms with E-state index in [-0.39, 0.29) is 6.17 Å². The third-order valence-corrected chi connectivity index (χ3v) is 11.6. The molecule has 0 bridgehead atoms. The molecule has 3 aromatic heterocycles. The van der Waals surface area contributed by atoms with Gasteiger partial charge in [0.05, 0.1) is 11.0 Å². The van der Waals surface area contributed by atoms with Crippen molar-refractivity contribution < 1.29 is 8.83 Å². The number of aliphatic imine (C=N–C) groups is 2. The average Bonchev–Trinajstić information content (AvgIpc) is 3.95. The number of furan rings is 2. The summed E-state index contributed by atoms with van der Waals surface area (Å²) in [6.45, 7) is 0. The van der Waals surface area contributed by atoms with Gasteiger partial charge in [0.1, 0.15) is 28.2 Å². The van der Waals surface area contributed by atoms with Crippen molar-refractivity contribution in [3.63, 3.8) is 0 Å². The molecule has 274 valence electrons. The first-order valence-corrected chi connectivity index (χ1v) is 19.6. The maximum atomic E-state index is 6.62. The van der Waals surface area contributed by atoms with Crippen molar-refractivity contribution in [2.24, 2.45) is 9.98 Å². The lowest BCUT2D eigenvalue weighted by molar-refractivity contribution is 0.383. The monoisotopic (exact) mass is 746 g/mol. The Kier molecular flexibility index (Phi) is 7.10. The van der Waals surface area contributed by atoms with Gasteiger partial charge >= 0.3 is 0 Å². The fourth-order valence-electron chi connectivity index (χ4n) is 8.83. The Morgan fingerprint density at radius 3 is 1.76 bits per heavy atom. The molecule has 8 aromatic carbocycles. The second-order valence-electron chi connectivity index (χ2n) is 15.0. The van der Waals surface area contributed by atoms with Crippen molar-refractivity contribution in [1.29, 1.82) is 0 Å². The van der Waals surface area contributed by atoms with E-state index in [1.54, 1.807) is 0 Å². The SMILES string of the molecule is CN1C(c2ccccc2)=NC(c2ccccc2)=NC1c1ccc2c(c1)oc1ccc(-c3ccc4c(c3)oc3cc(-n5c6ccccc6c6ccccc65)ccc34)cc12. The van der Waals surface area contributed by atoms with Gasteiger partial charge < -0.3 is 18.3 Å². The Morgan fingerprint density at radius 2 is 1.00 bits per heavy atom. The summed E-state index contributed by atoms with van der Waals surface area (Å²) in [5.41, 5.74) is 12.1. The van der Waals surface area contributed by atoms with E-state index in [2.05, 4.69) is 162 Å². The van der Waals surface area contributed by atoms with Crippen LogP contribution >= 0.6 is 0 Å². The quantitative estimate of drug-likeness (QED) is 0.176. The topological polar surface area (TPSA) is 59.2 Å². The number of fused-ring (bicyclic) bond motifs is 9. The van der Waals surface area contributed by atoms with Crippen LogP contribution in [-0.2, 0) is 0 Å². The summed E-state index contributed by atoms with van der Waals surface area (Å²) in [6.07, 6.45) is -0.287. The molecule has 0 radical (unpaired) electrons. The van der Waals surface area contributed by atoms with Crippen molar-refractivity contribution in [2.45, 2.75) is 6.17 Å². The molecule has 0 N–H and O–H groups in total. The van der Waals surface area contributed by atoms with Gasteiger partial charge in [0.2, 0.25) is 0 Å². The molecule has 58 heavy (non-hydrogen) atoms. The van der Waals surface area contributed by atoms with Crippen LogP contribution in [0.4, 0.5) is 0 Å². The minimum Gasteiger partial charge on any atom is -0.456 e. The van der Waals surface area contributed by atoms with Gasteiger partial charge in [-0.05, 0) is 65.7 Å². The van der Waals surface area contributed by atoms with Gasteiger partial charge in [-0.1, -0.05) is 121 Å². The van der Waals surface area contributed by atoms with Gasteiger partial charge in [-0.15, -0.1) is 0 Å². The molecular formula is C52H34N4O2. The largest absolute Gasteiger partial charge is 0.456 e. The van der Waals surface area contributed by atoms with E-state index < -0.39 is 0 Å².